The highest BCUT2D eigenvalue weighted by Gasteiger charge is 2.22. The Hall–Kier alpha value is -0.540. The summed E-state index contributed by atoms with van der Waals surface area (Å²) in [5.74, 6) is 0.936. The number of benzene rings is 1. The van der Waals surface area contributed by atoms with Gasteiger partial charge in [0.15, 0.2) is 0 Å². The van der Waals surface area contributed by atoms with Crippen LogP contribution in [0.15, 0.2) is 28.7 Å². The summed E-state index contributed by atoms with van der Waals surface area (Å²) in [4.78, 5) is 0. The summed E-state index contributed by atoms with van der Waals surface area (Å²) >= 11 is 3.44. The molecule has 2 rings (SSSR count). The van der Waals surface area contributed by atoms with E-state index in [1.165, 1.54) is 12.8 Å². The van der Waals surface area contributed by atoms with Gasteiger partial charge in [0.25, 0.3) is 0 Å². The van der Waals surface area contributed by atoms with Crippen molar-refractivity contribution in [3.05, 3.63) is 28.7 Å². The molecule has 15 heavy (non-hydrogen) atoms. The smallest absolute Gasteiger partial charge is 0.120 e. The number of ether oxygens (including phenoxy) is 1. The molecule has 82 valence electrons. The Kier molecular flexibility index (Phi) is 3.65. The van der Waals surface area contributed by atoms with E-state index in [0.717, 1.165) is 16.8 Å². The summed E-state index contributed by atoms with van der Waals surface area (Å²) in [6.45, 7) is 3.25. The maximum absolute atomic E-state index is 5.89. The van der Waals surface area contributed by atoms with E-state index in [2.05, 4.69) is 28.2 Å². The molecule has 1 saturated heterocycles. The van der Waals surface area contributed by atoms with Gasteiger partial charge in [-0.05, 0) is 44.5 Å². The lowest BCUT2D eigenvalue weighted by Gasteiger charge is -2.21. The van der Waals surface area contributed by atoms with Crippen LogP contribution >= 0.6 is 15.9 Å². The molecule has 1 heterocycles. The molecule has 0 aromatic heterocycles. The van der Waals surface area contributed by atoms with Crippen LogP contribution in [0.5, 0.6) is 5.75 Å². The van der Waals surface area contributed by atoms with E-state index in [1.54, 1.807) is 0 Å². The molecule has 0 amide bonds. The molecule has 1 aliphatic heterocycles. The molecule has 2 atom stereocenters. The molecule has 0 aliphatic carbocycles. The second-order valence-corrected chi connectivity index (χ2v) is 4.90. The van der Waals surface area contributed by atoms with Crippen molar-refractivity contribution in [2.24, 2.45) is 0 Å². The van der Waals surface area contributed by atoms with Gasteiger partial charge in [0, 0.05) is 10.5 Å². The number of nitrogens with one attached hydrogen (secondary N) is 1. The van der Waals surface area contributed by atoms with Gasteiger partial charge >= 0.3 is 0 Å². The summed E-state index contributed by atoms with van der Waals surface area (Å²) in [5.41, 5.74) is 0. The quantitative estimate of drug-likeness (QED) is 0.911. The Bertz CT molecular complexity index is 323. The molecule has 2 unspecified atom stereocenters. The van der Waals surface area contributed by atoms with Crippen molar-refractivity contribution in [2.45, 2.75) is 31.9 Å². The minimum Gasteiger partial charge on any atom is -0.489 e. The van der Waals surface area contributed by atoms with Crippen LogP contribution in [0, 0.1) is 0 Å². The Labute approximate surface area is 99.1 Å². The van der Waals surface area contributed by atoms with Gasteiger partial charge in [0.1, 0.15) is 11.9 Å². The van der Waals surface area contributed by atoms with Crippen molar-refractivity contribution in [2.75, 3.05) is 6.54 Å². The molecule has 1 aromatic carbocycles. The highest BCUT2D eigenvalue weighted by atomic mass is 79.9. The fraction of sp³-hybridized carbons (Fsp3) is 0.500. The number of hydrogen-bond donors (Lipinski definition) is 1. The molecule has 2 nitrogen and oxygen atoms in total. The summed E-state index contributed by atoms with van der Waals surface area (Å²) < 4.78 is 6.95. The van der Waals surface area contributed by atoms with Crippen molar-refractivity contribution in [3.8, 4) is 5.75 Å². The largest absolute Gasteiger partial charge is 0.489 e. The first-order chi connectivity index (χ1) is 7.25. The third-order valence-corrected chi connectivity index (χ3v) is 3.28. The third kappa shape index (κ3) is 2.95. The predicted octanol–water partition coefficient (Wildman–Crippen LogP) is 2.97. The summed E-state index contributed by atoms with van der Waals surface area (Å²) in [5, 5.41) is 3.45. The lowest BCUT2D eigenvalue weighted by molar-refractivity contribution is 0.180. The van der Waals surface area contributed by atoms with Crippen LogP contribution in [-0.2, 0) is 0 Å². The highest BCUT2D eigenvalue weighted by Crippen LogP contribution is 2.21. The van der Waals surface area contributed by atoms with Crippen LogP contribution < -0.4 is 10.1 Å². The second-order valence-electron chi connectivity index (χ2n) is 3.98. The van der Waals surface area contributed by atoms with Crippen LogP contribution in [0.1, 0.15) is 19.8 Å². The molecule has 0 spiro atoms. The fourth-order valence-electron chi connectivity index (χ4n) is 1.95. The molecule has 1 N–H and O–H groups in total. The van der Waals surface area contributed by atoms with Gasteiger partial charge in [-0.3, -0.25) is 0 Å². The number of hydrogen-bond acceptors (Lipinski definition) is 2. The van der Waals surface area contributed by atoms with Crippen molar-refractivity contribution >= 4 is 15.9 Å². The van der Waals surface area contributed by atoms with E-state index in [1.807, 2.05) is 24.3 Å². The van der Waals surface area contributed by atoms with Crippen LogP contribution in [0.3, 0.4) is 0 Å². The zero-order chi connectivity index (χ0) is 10.7. The zero-order valence-corrected chi connectivity index (χ0v) is 10.5. The van der Waals surface area contributed by atoms with E-state index in [4.69, 9.17) is 4.74 Å². The third-order valence-electron chi connectivity index (χ3n) is 2.78. The maximum Gasteiger partial charge on any atom is 0.120 e. The normalized spacial score (nSPS) is 22.7. The first kappa shape index (κ1) is 11.0. The van der Waals surface area contributed by atoms with E-state index >= 15 is 0 Å². The topological polar surface area (TPSA) is 21.3 Å². The summed E-state index contributed by atoms with van der Waals surface area (Å²) in [6, 6.07) is 8.50. The van der Waals surface area contributed by atoms with Crippen molar-refractivity contribution in [1.29, 1.82) is 0 Å². The Morgan fingerprint density at radius 2 is 2.40 bits per heavy atom. The summed E-state index contributed by atoms with van der Waals surface area (Å²) in [6.07, 6.45) is 2.72. The minimum absolute atomic E-state index is 0.238. The average molecular weight is 270 g/mol. The van der Waals surface area contributed by atoms with E-state index < -0.39 is 0 Å². The average Bonchev–Trinajstić information content (AvgIpc) is 2.70. The van der Waals surface area contributed by atoms with Gasteiger partial charge in [0.2, 0.25) is 0 Å². The van der Waals surface area contributed by atoms with Gasteiger partial charge in [-0.15, -0.1) is 0 Å². The molecule has 1 aromatic rings. The number of rotatable bonds is 3. The van der Waals surface area contributed by atoms with Gasteiger partial charge < -0.3 is 10.1 Å². The molecule has 0 bridgehead atoms. The highest BCUT2D eigenvalue weighted by molar-refractivity contribution is 9.10. The summed E-state index contributed by atoms with van der Waals surface area (Å²) in [7, 11) is 0. The van der Waals surface area contributed by atoms with Crippen molar-refractivity contribution < 1.29 is 4.74 Å². The van der Waals surface area contributed by atoms with Crippen LogP contribution in [0.25, 0.3) is 0 Å². The zero-order valence-electron chi connectivity index (χ0n) is 8.87. The SMILES string of the molecule is CC(Oc1cccc(Br)c1)C1CCCN1. The Morgan fingerprint density at radius 1 is 1.53 bits per heavy atom. The predicted molar refractivity (Wildman–Crippen MR) is 65.3 cm³/mol. The first-order valence-electron chi connectivity index (χ1n) is 5.41. The van der Waals surface area contributed by atoms with Crippen LogP contribution in [0.4, 0.5) is 0 Å². The van der Waals surface area contributed by atoms with Crippen LogP contribution in [-0.4, -0.2) is 18.7 Å². The lowest BCUT2D eigenvalue weighted by Crippen LogP contribution is -2.36. The molecular weight excluding hydrogens is 254 g/mol. The second kappa shape index (κ2) is 4.99. The first-order valence-corrected chi connectivity index (χ1v) is 6.20. The molecular formula is C12H16BrNO. The van der Waals surface area contributed by atoms with Gasteiger partial charge in [-0.2, -0.15) is 0 Å². The maximum atomic E-state index is 5.89. The van der Waals surface area contributed by atoms with Crippen molar-refractivity contribution in [3.63, 3.8) is 0 Å². The van der Waals surface area contributed by atoms with Crippen LogP contribution in [0.2, 0.25) is 0 Å². The molecule has 3 heteroatoms. The number of halogens is 1. The monoisotopic (exact) mass is 269 g/mol. The molecule has 0 saturated carbocycles. The van der Waals surface area contributed by atoms with E-state index in [0.29, 0.717) is 6.04 Å². The van der Waals surface area contributed by atoms with Gasteiger partial charge in [0.05, 0.1) is 0 Å². The Morgan fingerprint density at radius 3 is 3.07 bits per heavy atom. The van der Waals surface area contributed by atoms with Gasteiger partial charge in [-0.25, -0.2) is 0 Å². The van der Waals surface area contributed by atoms with E-state index in [-0.39, 0.29) is 6.10 Å². The fourth-order valence-corrected chi connectivity index (χ4v) is 2.33. The van der Waals surface area contributed by atoms with E-state index in [9.17, 15) is 0 Å². The van der Waals surface area contributed by atoms with Gasteiger partial charge in [-0.1, -0.05) is 22.0 Å². The standard InChI is InChI=1S/C12H16BrNO/c1-9(12-6-3-7-14-12)15-11-5-2-4-10(13)8-11/h2,4-5,8-9,12,14H,3,6-7H2,1H3. The lowest BCUT2D eigenvalue weighted by atomic mass is 10.1. The molecule has 0 radical (unpaired) electrons. The Balaban J connectivity index is 1.95. The molecule has 1 aliphatic rings. The van der Waals surface area contributed by atoms with Crippen molar-refractivity contribution in [1.82, 2.24) is 5.32 Å². The molecule has 1 fully saturated rings. The minimum atomic E-state index is 0.238.